The highest BCUT2D eigenvalue weighted by Gasteiger charge is 2.18. The molecule has 0 amide bonds. The van der Waals surface area contributed by atoms with E-state index in [1.807, 2.05) is 18.2 Å². The third-order valence-corrected chi connectivity index (χ3v) is 4.14. The molecule has 0 spiro atoms. The van der Waals surface area contributed by atoms with E-state index in [1.165, 1.54) is 0 Å². The second-order valence-electron chi connectivity index (χ2n) is 4.31. The van der Waals surface area contributed by atoms with Crippen molar-refractivity contribution in [2.24, 2.45) is 0 Å². The molecule has 0 radical (unpaired) electrons. The summed E-state index contributed by atoms with van der Waals surface area (Å²) in [5, 5.41) is 11.3. The van der Waals surface area contributed by atoms with Gasteiger partial charge in [0.1, 0.15) is 5.75 Å². The van der Waals surface area contributed by atoms with E-state index in [1.54, 1.807) is 25.3 Å². The van der Waals surface area contributed by atoms with Crippen LogP contribution < -0.4 is 4.74 Å². The van der Waals surface area contributed by atoms with Gasteiger partial charge in [-0.05, 0) is 35.9 Å². The first-order chi connectivity index (χ1) is 9.52. The van der Waals surface area contributed by atoms with Crippen LogP contribution in [-0.4, -0.2) is 12.2 Å². The van der Waals surface area contributed by atoms with Crippen molar-refractivity contribution < 1.29 is 9.84 Å². The van der Waals surface area contributed by atoms with Crippen LogP contribution in [0.3, 0.4) is 0 Å². The minimum atomic E-state index is -0.792. The summed E-state index contributed by atoms with van der Waals surface area (Å²) in [4.78, 5) is 0. The van der Waals surface area contributed by atoms with Gasteiger partial charge in [0.05, 0.1) is 13.2 Å². The molecule has 106 valence electrons. The van der Waals surface area contributed by atoms with Gasteiger partial charge in [-0.15, -0.1) is 0 Å². The summed E-state index contributed by atoms with van der Waals surface area (Å²) in [7, 11) is 1.60. The highest BCUT2D eigenvalue weighted by molar-refractivity contribution is 9.10. The summed E-state index contributed by atoms with van der Waals surface area (Å²) < 4.78 is 6.22. The average molecular weight is 376 g/mol. The van der Waals surface area contributed by atoms with Crippen molar-refractivity contribution in [1.29, 1.82) is 0 Å². The monoisotopic (exact) mass is 374 g/mol. The second-order valence-corrected chi connectivity index (χ2v) is 6.04. The third-order valence-electron chi connectivity index (χ3n) is 2.99. The quantitative estimate of drug-likeness (QED) is 0.810. The van der Waals surface area contributed by atoms with Gasteiger partial charge in [-0.1, -0.05) is 45.2 Å². The van der Waals surface area contributed by atoms with Gasteiger partial charge in [0.15, 0.2) is 0 Å². The van der Waals surface area contributed by atoms with E-state index in [0.29, 0.717) is 22.0 Å². The van der Waals surface area contributed by atoms with Gasteiger partial charge in [-0.3, -0.25) is 0 Å². The lowest BCUT2D eigenvalue weighted by Gasteiger charge is -2.16. The summed E-state index contributed by atoms with van der Waals surface area (Å²) in [6.07, 6.45) is -0.425. The van der Waals surface area contributed by atoms with Gasteiger partial charge in [0.2, 0.25) is 0 Å². The molecule has 0 heterocycles. The fraction of sp³-hybridized carbons (Fsp3) is 0.200. The molecule has 2 aromatic rings. The molecule has 5 heteroatoms. The molecular formula is C15H13BrCl2O2. The molecule has 1 atom stereocenters. The Kier molecular flexibility index (Phi) is 5.33. The van der Waals surface area contributed by atoms with E-state index in [2.05, 4.69) is 15.9 Å². The number of hydrogen-bond donors (Lipinski definition) is 1. The van der Waals surface area contributed by atoms with E-state index in [9.17, 15) is 5.11 Å². The molecule has 2 aromatic carbocycles. The maximum atomic E-state index is 10.4. The SMILES string of the molecule is COc1ccc(Br)cc1CC(O)c1c(Cl)cccc1Cl. The lowest BCUT2D eigenvalue weighted by Crippen LogP contribution is -2.05. The first-order valence-corrected chi connectivity index (χ1v) is 7.52. The largest absolute Gasteiger partial charge is 0.496 e. The Balaban J connectivity index is 2.32. The van der Waals surface area contributed by atoms with Gasteiger partial charge >= 0.3 is 0 Å². The fourth-order valence-electron chi connectivity index (χ4n) is 2.05. The van der Waals surface area contributed by atoms with Gasteiger partial charge in [-0.25, -0.2) is 0 Å². The highest BCUT2D eigenvalue weighted by atomic mass is 79.9. The van der Waals surface area contributed by atoms with Crippen LogP contribution in [0, 0.1) is 0 Å². The number of aliphatic hydroxyl groups is 1. The van der Waals surface area contributed by atoms with Gasteiger partial charge in [0.25, 0.3) is 0 Å². The Labute approximate surface area is 136 Å². The summed E-state index contributed by atoms with van der Waals surface area (Å²) in [5.74, 6) is 0.718. The molecule has 0 aliphatic heterocycles. The van der Waals surface area contributed by atoms with Gasteiger partial charge in [0, 0.05) is 26.5 Å². The summed E-state index contributed by atoms with van der Waals surface area (Å²) in [6, 6.07) is 10.8. The fourth-order valence-corrected chi connectivity index (χ4v) is 3.10. The molecule has 20 heavy (non-hydrogen) atoms. The third kappa shape index (κ3) is 3.47. The number of aliphatic hydroxyl groups excluding tert-OH is 1. The van der Waals surface area contributed by atoms with Crippen LogP contribution in [0.1, 0.15) is 17.2 Å². The van der Waals surface area contributed by atoms with Crippen molar-refractivity contribution in [3.63, 3.8) is 0 Å². The van der Waals surface area contributed by atoms with Crippen molar-refractivity contribution in [3.05, 3.63) is 62.0 Å². The molecule has 0 saturated heterocycles. The van der Waals surface area contributed by atoms with E-state index in [4.69, 9.17) is 27.9 Å². The summed E-state index contributed by atoms with van der Waals surface area (Å²) in [6.45, 7) is 0. The molecule has 0 aromatic heterocycles. The number of rotatable bonds is 4. The van der Waals surface area contributed by atoms with E-state index >= 15 is 0 Å². The Hall–Kier alpha value is -0.740. The lowest BCUT2D eigenvalue weighted by atomic mass is 10.0. The molecule has 0 aliphatic rings. The van der Waals surface area contributed by atoms with Crippen LogP contribution in [-0.2, 0) is 6.42 Å². The molecule has 2 nitrogen and oxygen atoms in total. The second kappa shape index (κ2) is 6.81. The van der Waals surface area contributed by atoms with Gasteiger partial charge < -0.3 is 9.84 Å². The molecule has 0 aliphatic carbocycles. The molecule has 2 rings (SSSR count). The van der Waals surface area contributed by atoms with Crippen LogP contribution >= 0.6 is 39.1 Å². The Morgan fingerprint density at radius 2 is 1.85 bits per heavy atom. The topological polar surface area (TPSA) is 29.5 Å². The normalized spacial score (nSPS) is 12.2. The van der Waals surface area contributed by atoms with Gasteiger partial charge in [-0.2, -0.15) is 0 Å². The minimum absolute atomic E-state index is 0.367. The van der Waals surface area contributed by atoms with E-state index in [-0.39, 0.29) is 0 Å². The summed E-state index contributed by atoms with van der Waals surface area (Å²) in [5.41, 5.74) is 1.42. The molecule has 0 fully saturated rings. The van der Waals surface area contributed by atoms with Crippen molar-refractivity contribution in [2.45, 2.75) is 12.5 Å². The zero-order valence-electron chi connectivity index (χ0n) is 10.7. The predicted molar refractivity (Wildman–Crippen MR) is 85.8 cm³/mol. The Bertz CT molecular complexity index is 597. The van der Waals surface area contributed by atoms with Crippen LogP contribution in [0.4, 0.5) is 0 Å². The number of hydrogen-bond acceptors (Lipinski definition) is 2. The van der Waals surface area contributed by atoms with Crippen LogP contribution in [0.15, 0.2) is 40.9 Å². The number of methoxy groups -OCH3 is 1. The maximum Gasteiger partial charge on any atom is 0.122 e. The van der Waals surface area contributed by atoms with Crippen LogP contribution in [0.2, 0.25) is 10.0 Å². The Morgan fingerprint density at radius 1 is 1.20 bits per heavy atom. The highest BCUT2D eigenvalue weighted by Crippen LogP contribution is 2.34. The number of ether oxygens (including phenoxy) is 1. The molecule has 1 N–H and O–H groups in total. The lowest BCUT2D eigenvalue weighted by molar-refractivity contribution is 0.177. The molecular weight excluding hydrogens is 363 g/mol. The summed E-state index contributed by atoms with van der Waals surface area (Å²) >= 11 is 15.6. The smallest absolute Gasteiger partial charge is 0.122 e. The van der Waals surface area contributed by atoms with Crippen molar-refractivity contribution >= 4 is 39.1 Å². The predicted octanol–water partition coefficient (Wildman–Crippen LogP) is 5.04. The molecule has 1 unspecified atom stereocenters. The minimum Gasteiger partial charge on any atom is -0.496 e. The maximum absolute atomic E-state index is 10.4. The number of benzene rings is 2. The van der Waals surface area contributed by atoms with Crippen molar-refractivity contribution in [2.75, 3.05) is 7.11 Å². The van der Waals surface area contributed by atoms with E-state index in [0.717, 1.165) is 15.8 Å². The molecule has 0 saturated carbocycles. The Morgan fingerprint density at radius 3 is 2.45 bits per heavy atom. The zero-order valence-corrected chi connectivity index (χ0v) is 13.8. The standard InChI is InChI=1S/C15H13BrCl2O2/c1-20-14-6-5-10(16)7-9(14)8-13(19)15-11(17)3-2-4-12(15)18/h2-7,13,19H,8H2,1H3. The average Bonchev–Trinajstić information content (AvgIpc) is 2.38. The molecule has 0 bridgehead atoms. The van der Waals surface area contributed by atoms with E-state index < -0.39 is 6.10 Å². The van der Waals surface area contributed by atoms with Crippen molar-refractivity contribution in [1.82, 2.24) is 0 Å². The zero-order chi connectivity index (χ0) is 14.7. The first-order valence-electron chi connectivity index (χ1n) is 5.97. The van der Waals surface area contributed by atoms with Crippen LogP contribution in [0.25, 0.3) is 0 Å². The van der Waals surface area contributed by atoms with Crippen LogP contribution in [0.5, 0.6) is 5.75 Å². The number of halogens is 3. The first kappa shape index (κ1) is 15.6. The van der Waals surface area contributed by atoms with Crippen molar-refractivity contribution in [3.8, 4) is 5.75 Å².